The van der Waals surface area contributed by atoms with E-state index in [2.05, 4.69) is 15.6 Å². The molecule has 158 valence electrons. The SMILES string of the molecule is CCCC(=O)Nc1ccc(CNC(=O)CC(O)(c2nccn2C)C(F)(F)F)cc1. The number of benzene rings is 1. The summed E-state index contributed by atoms with van der Waals surface area (Å²) >= 11 is 0. The normalized spacial score (nSPS) is 13.6. The van der Waals surface area contributed by atoms with Gasteiger partial charge >= 0.3 is 6.18 Å². The molecule has 2 rings (SSSR count). The lowest BCUT2D eigenvalue weighted by molar-refractivity contribution is -0.271. The number of carbonyl (C=O) groups excluding carboxylic acids is 2. The minimum atomic E-state index is -5.08. The quantitative estimate of drug-likeness (QED) is 0.621. The van der Waals surface area contributed by atoms with Crippen molar-refractivity contribution in [2.45, 2.75) is 44.5 Å². The van der Waals surface area contributed by atoms with Crippen molar-refractivity contribution in [3.63, 3.8) is 0 Å². The molecule has 10 heteroatoms. The van der Waals surface area contributed by atoms with Gasteiger partial charge in [-0.05, 0) is 24.1 Å². The Balaban J connectivity index is 1.99. The Bertz CT molecular complexity index is 849. The molecule has 2 aromatic rings. The number of imidazole rings is 1. The van der Waals surface area contributed by atoms with Crippen LogP contribution in [-0.4, -0.2) is 32.6 Å². The highest BCUT2D eigenvalue weighted by Gasteiger charge is 2.58. The fourth-order valence-electron chi connectivity index (χ4n) is 2.72. The van der Waals surface area contributed by atoms with Crippen LogP contribution in [0, 0.1) is 0 Å². The third kappa shape index (κ3) is 5.57. The molecule has 7 nitrogen and oxygen atoms in total. The largest absolute Gasteiger partial charge is 0.425 e. The molecule has 1 aromatic heterocycles. The van der Waals surface area contributed by atoms with E-state index in [0.29, 0.717) is 17.7 Å². The van der Waals surface area contributed by atoms with Crippen LogP contribution in [0.4, 0.5) is 18.9 Å². The Kier molecular flexibility index (Phi) is 7.02. The zero-order chi connectivity index (χ0) is 21.7. The van der Waals surface area contributed by atoms with Crippen LogP contribution >= 0.6 is 0 Å². The standard InChI is InChI=1S/C19H23F3N4O3/c1-3-4-15(27)25-14-7-5-13(6-8-14)12-24-16(28)11-18(29,19(20,21)22)17-23-9-10-26(17)2/h5-10,29H,3-4,11-12H2,1-2H3,(H,24,28)(H,25,27). The Morgan fingerprint density at radius 2 is 1.83 bits per heavy atom. The van der Waals surface area contributed by atoms with Gasteiger partial charge in [-0.1, -0.05) is 19.1 Å². The van der Waals surface area contributed by atoms with Crippen molar-refractivity contribution in [2.24, 2.45) is 7.05 Å². The smallest absolute Gasteiger partial charge is 0.374 e. The first-order chi connectivity index (χ1) is 13.6. The van der Waals surface area contributed by atoms with E-state index in [-0.39, 0.29) is 12.5 Å². The van der Waals surface area contributed by atoms with Crippen LogP contribution in [-0.2, 0) is 28.8 Å². The molecule has 0 saturated heterocycles. The number of aryl methyl sites for hydroxylation is 1. The summed E-state index contributed by atoms with van der Waals surface area (Å²) in [4.78, 5) is 27.2. The molecule has 0 aliphatic rings. The predicted molar refractivity (Wildman–Crippen MR) is 99.6 cm³/mol. The van der Waals surface area contributed by atoms with Gasteiger partial charge in [-0.15, -0.1) is 0 Å². The van der Waals surface area contributed by atoms with Crippen molar-refractivity contribution in [1.29, 1.82) is 0 Å². The number of carbonyl (C=O) groups is 2. The van der Waals surface area contributed by atoms with Gasteiger partial charge in [0, 0.05) is 38.1 Å². The van der Waals surface area contributed by atoms with Crippen LogP contribution in [0.5, 0.6) is 0 Å². The predicted octanol–water partition coefficient (Wildman–Crippen LogP) is 2.62. The van der Waals surface area contributed by atoms with Crippen molar-refractivity contribution in [3.8, 4) is 0 Å². The lowest BCUT2D eigenvalue weighted by atomic mass is 9.97. The van der Waals surface area contributed by atoms with Crippen molar-refractivity contribution in [2.75, 3.05) is 5.32 Å². The summed E-state index contributed by atoms with van der Waals surface area (Å²) < 4.78 is 41.4. The highest BCUT2D eigenvalue weighted by Crippen LogP contribution is 2.40. The van der Waals surface area contributed by atoms with Crippen molar-refractivity contribution in [3.05, 3.63) is 48.0 Å². The molecule has 1 aromatic carbocycles. The molecule has 1 unspecified atom stereocenters. The molecule has 0 spiro atoms. The molecule has 0 saturated carbocycles. The number of halogens is 3. The molecule has 3 N–H and O–H groups in total. The van der Waals surface area contributed by atoms with Crippen LogP contribution in [0.2, 0.25) is 0 Å². The van der Waals surface area contributed by atoms with Crippen LogP contribution in [0.15, 0.2) is 36.7 Å². The Morgan fingerprint density at radius 3 is 2.34 bits per heavy atom. The maximum absolute atomic E-state index is 13.5. The van der Waals surface area contributed by atoms with Crippen molar-refractivity contribution in [1.82, 2.24) is 14.9 Å². The van der Waals surface area contributed by atoms with E-state index in [1.165, 1.54) is 13.2 Å². The van der Waals surface area contributed by atoms with Crippen molar-refractivity contribution < 1.29 is 27.9 Å². The Hall–Kier alpha value is -2.88. The van der Waals surface area contributed by atoms with Gasteiger partial charge in [0.05, 0.1) is 6.42 Å². The zero-order valence-corrected chi connectivity index (χ0v) is 16.1. The summed E-state index contributed by atoms with van der Waals surface area (Å²) in [6, 6.07) is 6.54. The van der Waals surface area contributed by atoms with Gasteiger partial charge in [-0.25, -0.2) is 4.98 Å². The van der Waals surface area contributed by atoms with Gasteiger partial charge in [0.1, 0.15) is 0 Å². The van der Waals surface area contributed by atoms with E-state index >= 15 is 0 Å². The van der Waals surface area contributed by atoms with Gasteiger partial charge < -0.3 is 20.3 Å². The monoisotopic (exact) mass is 412 g/mol. The van der Waals surface area contributed by atoms with Crippen LogP contribution in [0.3, 0.4) is 0 Å². The molecule has 29 heavy (non-hydrogen) atoms. The lowest BCUT2D eigenvalue weighted by Crippen LogP contribution is -2.47. The number of amides is 2. The van der Waals surface area contributed by atoms with E-state index in [4.69, 9.17) is 0 Å². The van der Waals surface area contributed by atoms with E-state index in [9.17, 15) is 27.9 Å². The summed E-state index contributed by atoms with van der Waals surface area (Å²) in [5, 5.41) is 15.3. The number of nitrogens with zero attached hydrogens (tertiary/aromatic N) is 2. The summed E-state index contributed by atoms with van der Waals surface area (Å²) in [6.07, 6.45) is -2.81. The van der Waals surface area contributed by atoms with Gasteiger partial charge in [0.15, 0.2) is 5.82 Å². The third-order valence-electron chi connectivity index (χ3n) is 4.28. The molecule has 1 atom stereocenters. The van der Waals surface area contributed by atoms with E-state index in [1.54, 1.807) is 24.3 Å². The van der Waals surface area contributed by atoms with E-state index in [1.807, 2.05) is 6.92 Å². The summed E-state index contributed by atoms with van der Waals surface area (Å²) in [6.45, 7) is 1.86. The topological polar surface area (TPSA) is 96.2 Å². The van der Waals surface area contributed by atoms with Gasteiger partial charge in [0.2, 0.25) is 17.4 Å². The number of hydrogen-bond acceptors (Lipinski definition) is 4. The Morgan fingerprint density at radius 1 is 1.17 bits per heavy atom. The number of aliphatic hydroxyl groups is 1. The second-order valence-electron chi connectivity index (χ2n) is 6.67. The first-order valence-electron chi connectivity index (χ1n) is 8.99. The van der Waals surface area contributed by atoms with Crippen LogP contribution in [0.1, 0.15) is 37.6 Å². The highest BCUT2D eigenvalue weighted by atomic mass is 19.4. The number of anilines is 1. The second-order valence-corrected chi connectivity index (χ2v) is 6.67. The summed E-state index contributed by atoms with van der Waals surface area (Å²) in [5.74, 6) is -1.75. The van der Waals surface area contributed by atoms with E-state index < -0.39 is 29.9 Å². The van der Waals surface area contributed by atoms with Crippen LogP contribution in [0.25, 0.3) is 0 Å². The number of rotatable bonds is 8. The zero-order valence-electron chi connectivity index (χ0n) is 16.1. The molecule has 0 fully saturated rings. The molecule has 2 amide bonds. The minimum Gasteiger partial charge on any atom is -0.374 e. The first kappa shape index (κ1) is 22.4. The van der Waals surface area contributed by atoms with Gasteiger partial charge in [0.25, 0.3) is 0 Å². The fraction of sp³-hybridized carbons (Fsp3) is 0.421. The third-order valence-corrected chi connectivity index (χ3v) is 4.28. The number of aromatic nitrogens is 2. The highest BCUT2D eigenvalue weighted by molar-refractivity contribution is 5.90. The molecule has 0 aliphatic carbocycles. The maximum Gasteiger partial charge on any atom is 0.425 e. The van der Waals surface area contributed by atoms with Crippen LogP contribution < -0.4 is 10.6 Å². The minimum absolute atomic E-state index is 0.0312. The average molecular weight is 412 g/mol. The first-order valence-corrected chi connectivity index (χ1v) is 8.99. The number of hydrogen-bond donors (Lipinski definition) is 3. The summed E-state index contributed by atoms with van der Waals surface area (Å²) in [7, 11) is 1.30. The van der Waals surface area contributed by atoms with Gasteiger partial charge in [-0.3, -0.25) is 9.59 Å². The average Bonchev–Trinajstić information content (AvgIpc) is 3.07. The molecule has 0 radical (unpaired) electrons. The molecule has 0 bridgehead atoms. The molecule has 1 heterocycles. The van der Waals surface area contributed by atoms with Gasteiger partial charge in [-0.2, -0.15) is 13.2 Å². The maximum atomic E-state index is 13.5. The lowest BCUT2D eigenvalue weighted by Gasteiger charge is -2.29. The second kappa shape index (κ2) is 9.08. The van der Waals surface area contributed by atoms with E-state index in [0.717, 1.165) is 17.2 Å². The molecular weight excluding hydrogens is 389 g/mol. The van der Waals surface area contributed by atoms with Crippen molar-refractivity contribution >= 4 is 17.5 Å². The number of alkyl halides is 3. The molecule has 0 aliphatic heterocycles. The molecular formula is C19H23F3N4O3. The number of nitrogens with one attached hydrogen (secondary N) is 2. The Labute approximate surface area is 165 Å². The summed E-state index contributed by atoms with van der Waals surface area (Å²) in [5.41, 5.74) is -2.19. The fourth-order valence-corrected chi connectivity index (χ4v) is 2.72.